The van der Waals surface area contributed by atoms with Crippen molar-refractivity contribution in [1.82, 2.24) is 0 Å². The molecule has 1 unspecified atom stereocenters. The summed E-state index contributed by atoms with van der Waals surface area (Å²) in [5, 5.41) is 0. The Balaban J connectivity index is 4.62. The Kier molecular flexibility index (Phi) is 45.1. The van der Waals surface area contributed by atoms with Gasteiger partial charge in [0.1, 0.15) is 13.2 Å². The van der Waals surface area contributed by atoms with E-state index >= 15 is 0 Å². The van der Waals surface area contributed by atoms with Crippen LogP contribution in [0, 0.1) is 0 Å². The van der Waals surface area contributed by atoms with Crippen molar-refractivity contribution in [3.05, 3.63) is 122 Å². The molecule has 1 atom stereocenters. The maximum Gasteiger partial charge on any atom is 0.306 e. The predicted octanol–water partition coefficient (Wildman–Crippen LogP) is 15.7. The van der Waals surface area contributed by atoms with Crippen molar-refractivity contribution in [2.24, 2.45) is 0 Å². The molecule has 0 aliphatic carbocycles. The van der Waals surface area contributed by atoms with Gasteiger partial charge >= 0.3 is 17.9 Å². The summed E-state index contributed by atoms with van der Waals surface area (Å²) in [6.07, 6.45) is 66.3. The minimum absolute atomic E-state index is 0.143. The van der Waals surface area contributed by atoms with Crippen molar-refractivity contribution in [2.45, 2.75) is 194 Å². The number of rotatable bonds is 41. The predicted molar refractivity (Wildman–Crippen MR) is 260 cm³/mol. The van der Waals surface area contributed by atoms with E-state index in [2.05, 4.69) is 99.8 Å². The van der Waals surface area contributed by atoms with Gasteiger partial charge in [0.2, 0.25) is 0 Å². The maximum absolute atomic E-state index is 12.7. The van der Waals surface area contributed by atoms with Gasteiger partial charge in [-0.15, -0.1) is 0 Å². The van der Waals surface area contributed by atoms with Gasteiger partial charge in [0.25, 0.3) is 0 Å². The third-order valence-electron chi connectivity index (χ3n) is 9.53. The molecule has 0 amide bonds. The summed E-state index contributed by atoms with van der Waals surface area (Å²) in [5.74, 6) is -1.11. The molecule has 0 aliphatic heterocycles. The zero-order chi connectivity index (χ0) is 44.4. The number of unbranched alkanes of at least 4 members (excludes halogenated alkanes) is 13. The van der Waals surface area contributed by atoms with Crippen molar-refractivity contribution in [2.75, 3.05) is 13.2 Å². The molecule has 0 aromatic heterocycles. The molecule has 0 N–H and O–H groups in total. The van der Waals surface area contributed by atoms with E-state index in [1.165, 1.54) is 64.2 Å². The van der Waals surface area contributed by atoms with Gasteiger partial charge in [-0.3, -0.25) is 14.4 Å². The number of carbonyl (C=O) groups excluding carboxylic acids is 3. The lowest BCUT2D eigenvalue weighted by Gasteiger charge is -2.18. The molecular weight excluding hydrogens is 757 g/mol. The Labute approximate surface area is 373 Å². The fourth-order valence-electron chi connectivity index (χ4n) is 5.91. The highest BCUT2D eigenvalue weighted by molar-refractivity contribution is 5.71. The van der Waals surface area contributed by atoms with Crippen molar-refractivity contribution < 1.29 is 28.6 Å². The summed E-state index contributed by atoms with van der Waals surface area (Å²) in [4.78, 5) is 37.8. The van der Waals surface area contributed by atoms with Gasteiger partial charge in [0.05, 0.1) is 0 Å². The molecule has 0 radical (unpaired) electrons. The fourth-order valence-corrected chi connectivity index (χ4v) is 5.91. The summed E-state index contributed by atoms with van der Waals surface area (Å²) >= 11 is 0. The molecule has 0 aliphatic rings. The molecule has 0 saturated heterocycles. The Bertz CT molecular complexity index is 1340. The van der Waals surface area contributed by atoms with E-state index in [1.807, 2.05) is 42.5 Å². The van der Waals surface area contributed by atoms with Crippen molar-refractivity contribution in [1.29, 1.82) is 0 Å². The summed E-state index contributed by atoms with van der Waals surface area (Å²) < 4.78 is 16.6. The molecule has 6 nitrogen and oxygen atoms in total. The molecule has 0 fully saturated rings. The third-order valence-corrected chi connectivity index (χ3v) is 9.53. The molecule has 0 rings (SSSR count). The second-order valence-electron chi connectivity index (χ2n) is 15.4. The topological polar surface area (TPSA) is 78.9 Å². The average Bonchev–Trinajstić information content (AvgIpc) is 3.26. The molecule has 0 heterocycles. The van der Waals surface area contributed by atoms with Crippen LogP contribution in [0.2, 0.25) is 0 Å². The minimum Gasteiger partial charge on any atom is -0.462 e. The molecule has 0 aromatic carbocycles. The van der Waals surface area contributed by atoms with Gasteiger partial charge in [-0.1, -0.05) is 194 Å². The van der Waals surface area contributed by atoms with Crippen LogP contribution < -0.4 is 0 Å². The van der Waals surface area contributed by atoms with Crippen molar-refractivity contribution in [3.8, 4) is 0 Å². The highest BCUT2D eigenvalue weighted by atomic mass is 16.6. The lowest BCUT2D eigenvalue weighted by molar-refractivity contribution is -0.166. The summed E-state index contributed by atoms with van der Waals surface area (Å²) in [5.41, 5.74) is 0. The monoisotopic (exact) mass is 843 g/mol. The van der Waals surface area contributed by atoms with Gasteiger partial charge < -0.3 is 14.2 Å². The molecule has 0 bridgehead atoms. The zero-order valence-corrected chi connectivity index (χ0v) is 38.9. The smallest absolute Gasteiger partial charge is 0.306 e. The van der Waals surface area contributed by atoms with Crippen molar-refractivity contribution >= 4 is 17.9 Å². The van der Waals surface area contributed by atoms with E-state index in [0.29, 0.717) is 19.3 Å². The minimum atomic E-state index is -0.845. The van der Waals surface area contributed by atoms with E-state index in [9.17, 15) is 14.4 Å². The zero-order valence-electron chi connectivity index (χ0n) is 38.9. The first kappa shape index (κ1) is 56.8. The first-order valence-corrected chi connectivity index (χ1v) is 24.1. The van der Waals surface area contributed by atoms with Crippen LogP contribution in [0.5, 0.6) is 0 Å². The highest BCUT2D eigenvalue weighted by Gasteiger charge is 2.19. The van der Waals surface area contributed by atoms with Gasteiger partial charge in [-0.05, 0) is 96.3 Å². The second-order valence-corrected chi connectivity index (χ2v) is 15.4. The first-order valence-electron chi connectivity index (χ1n) is 24.1. The van der Waals surface area contributed by atoms with E-state index < -0.39 is 6.10 Å². The number of esters is 3. The van der Waals surface area contributed by atoms with Crippen LogP contribution in [0.25, 0.3) is 0 Å². The van der Waals surface area contributed by atoms with Gasteiger partial charge in [0, 0.05) is 19.3 Å². The molecular formula is C55H86O6. The lowest BCUT2D eigenvalue weighted by Crippen LogP contribution is -2.30. The van der Waals surface area contributed by atoms with Gasteiger partial charge in [0.15, 0.2) is 6.10 Å². The van der Waals surface area contributed by atoms with Crippen LogP contribution in [0.3, 0.4) is 0 Å². The van der Waals surface area contributed by atoms with Crippen molar-refractivity contribution in [3.63, 3.8) is 0 Å². The normalized spacial score (nSPS) is 13.2. The molecule has 0 saturated carbocycles. The van der Waals surface area contributed by atoms with Crippen LogP contribution in [0.4, 0.5) is 0 Å². The quantitative estimate of drug-likeness (QED) is 0.0201. The van der Waals surface area contributed by atoms with E-state index in [1.54, 1.807) is 0 Å². The number of allylic oxidation sites excluding steroid dienone is 20. The largest absolute Gasteiger partial charge is 0.462 e. The van der Waals surface area contributed by atoms with Crippen LogP contribution >= 0.6 is 0 Å². The maximum atomic E-state index is 12.7. The molecule has 61 heavy (non-hydrogen) atoms. The summed E-state index contributed by atoms with van der Waals surface area (Å²) in [6.45, 7) is 6.29. The Morgan fingerprint density at radius 1 is 0.361 bits per heavy atom. The molecule has 342 valence electrons. The first-order chi connectivity index (χ1) is 30.0. The lowest BCUT2D eigenvalue weighted by atomic mass is 10.1. The van der Waals surface area contributed by atoms with Crippen LogP contribution in [0.1, 0.15) is 188 Å². The summed E-state index contributed by atoms with van der Waals surface area (Å²) in [7, 11) is 0. The number of ether oxygens (including phenoxy) is 3. The number of hydrogen-bond acceptors (Lipinski definition) is 6. The van der Waals surface area contributed by atoms with Crippen LogP contribution in [-0.2, 0) is 28.6 Å². The van der Waals surface area contributed by atoms with Gasteiger partial charge in [-0.2, -0.15) is 0 Å². The van der Waals surface area contributed by atoms with Crippen LogP contribution in [0.15, 0.2) is 122 Å². The van der Waals surface area contributed by atoms with E-state index in [0.717, 1.165) is 64.2 Å². The average molecular weight is 843 g/mol. The van der Waals surface area contributed by atoms with Gasteiger partial charge in [-0.25, -0.2) is 0 Å². The molecule has 0 spiro atoms. The Hall–Kier alpha value is -4.19. The summed E-state index contributed by atoms with van der Waals surface area (Å²) in [6, 6.07) is 0. The Morgan fingerprint density at radius 2 is 0.754 bits per heavy atom. The molecule has 6 heteroatoms. The standard InChI is InChI=1S/C55H86O6/c1-4-7-10-13-16-19-22-25-26-27-28-31-33-36-39-42-45-48-54(57)60-51-52(61-55(58)49-46-43-40-37-34-30-24-21-18-15-12-9-6-3)50-59-53(56)47-44-41-38-35-32-29-23-20-17-14-11-8-5-2/h9,12,15-16,18-19,21,24-26,28-32,34,36,38-39,41,52H,4-8,10-11,13-14,17,20,22-23,27,33,35,37,40,42-51H2,1-3H3/b12-9+,18-15+,19-16+,24-21+,26-25+,31-28+,32-29+,34-30+,39-36+,41-38+. The second kappa shape index (κ2) is 48.5. The number of hydrogen-bond donors (Lipinski definition) is 0. The third kappa shape index (κ3) is 46.7. The Morgan fingerprint density at radius 3 is 1.33 bits per heavy atom. The number of carbonyl (C=O) groups is 3. The fraction of sp³-hybridized carbons (Fsp3) is 0.582. The molecule has 0 aromatic rings. The van der Waals surface area contributed by atoms with Crippen LogP contribution in [-0.4, -0.2) is 37.2 Å². The SMILES string of the molecule is CC/C=C/C=C/C=C/C=C/CCCCCC(=O)OC(COC(=O)CC/C=C/C/C=C/CCCCCCCC)COC(=O)CCC/C=C/C/C=C/C/C=C/C/C=C/CCCCC. The van der Waals surface area contributed by atoms with E-state index in [-0.39, 0.29) is 50.4 Å². The highest BCUT2D eigenvalue weighted by Crippen LogP contribution is 2.10. The van der Waals surface area contributed by atoms with E-state index in [4.69, 9.17) is 14.2 Å².